The van der Waals surface area contributed by atoms with E-state index in [2.05, 4.69) is 0 Å². The number of aliphatic carboxylic acids is 2. The summed E-state index contributed by atoms with van der Waals surface area (Å²) in [5.74, 6) is -3.11. The van der Waals surface area contributed by atoms with Crippen LogP contribution in [0.5, 0.6) is 0 Å². The molecule has 0 aromatic rings. The molecule has 0 saturated carbocycles. The summed E-state index contributed by atoms with van der Waals surface area (Å²) < 4.78 is 24.9. The lowest BCUT2D eigenvalue weighted by Crippen LogP contribution is -2.65. The molecule has 13 nitrogen and oxygen atoms in total. The highest BCUT2D eigenvalue weighted by Gasteiger charge is 2.54. The van der Waals surface area contributed by atoms with Crippen molar-refractivity contribution < 1.29 is 63.9 Å². The fourth-order valence-corrected chi connectivity index (χ4v) is 2.95. The average Bonchev–Trinajstić information content (AvgIpc) is 2.62. The van der Waals surface area contributed by atoms with Crippen LogP contribution < -0.4 is 0 Å². The standard InChI is InChI=1S/C14H22O13/c1-23-7-3(15)6(18)14(27-9(7)11(19)20)25-8-4(16)5(17)13(24-2)26-10(8)12(21)22/h3-10,13-18H,1-2H3,(H,19,20)(H,21,22)/t3-,4-,5?,6?,7+,8-,9?,10?,13+,14+/m0/s1. The SMILES string of the molecule is CO[C@@H]1OC(C(=O)O)[C@@H](O[C@@H]2OC(C(=O)O)[C@H](OC)[C@@H](O)C2O)[C@@H](O)C1O. The van der Waals surface area contributed by atoms with Crippen molar-refractivity contribution in [3.8, 4) is 0 Å². The zero-order valence-corrected chi connectivity index (χ0v) is 14.3. The van der Waals surface area contributed by atoms with Crippen molar-refractivity contribution >= 4 is 11.9 Å². The molecule has 0 radical (unpaired) electrons. The van der Waals surface area contributed by atoms with Crippen molar-refractivity contribution in [3.63, 3.8) is 0 Å². The lowest BCUT2D eigenvalue weighted by atomic mass is 9.96. The second kappa shape index (κ2) is 8.72. The Bertz CT molecular complexity index is 541. The first-order valence-corrected chi connectivity index (χ1v) is 7.83. The molecule has 156 valence electrons. The Kier molecular flexibility index (Phi) is 7.07. The number of ether oxygens (including phenoxy) is 5. The smallest absolute Gasteiger partial charge is 0.335 e. The van der Waals surface area contributed by atoms with Crippen molar-refractivity contribution in [1.29, 1.82) is 0 Å². The molecule has 2 aliphatic heterocycles. The first-order chi connectivity index (χ1) is 12.6. The van der Waals surface area contributed by atoms with Crippen molar-refractivity contribution in [1.82, 2.24) is 0 Å². The number of rotatable bonds is 6. The fourth-order valence-electron chi connectivity index (χ4n) is 2.95. The van der Waals surface area contributed by atoms with Gasteiger partial charge >= 0.3 is 11.9 Å². The normalized spacial score (nSPS) is 45.4. The molecular weight excluding hydrogens is 376 g/mol. The molecule has 0 aromatic heterocycles. The molecule has 0 aromatic carbocycles. The van der Waals surface area contributed by atoms with E-state index < -0.39 is 73.4 Å². The molecule has 10 atom stereocenters. The quantitative estimate of drug-likeness (QED) is 0.254. The van der Waals surface area contributed by atoms with Gasteiger partial charge < -0.3 is 54.3 Å². The van der Waals surface area contributed by atoms with Gasteiger partial charge in [-0.25, -0.2) is 9.59 Å². The van der Waals surface area contributed by atoms with E-state index >= 15 is 0 Å². The molecule has 2 rings (SSSR count). The topological polar surface area (TPSA) is 202 Å². The van der Waals surface area contributed by atoms with Crippen LogP contribution in [0.15, 0.2) is 0 Å². The van der Waals surface area contributed by atoms with Gasteiger partial charge in [-0.2, -0.15) is 0 Å². The molecule has 0 spiro atoms. The number of carbonyl (C=O) groups is 2. The maximum Gasteiger partial charge on any atom is 0.335 e. The minimum Gasteiger partial charge on any atom is -0.479 e. The average molecular weight is 398 g/mol. The molecule has 4 unspecified atom stereocenters. The third-order valence-electron chi connectivity index (χ3n) is 4.37. The van der Waals surface area contributed by atoms with E-state index in [1.165, 1.54) is 0 Å². The highest BCUT2D eigenvalue weighted by atomic mass is 16.7. The highest BCUT2D eigenvalue weighted by Crippen LogP contribution is 2.30. The first-order valence-electron chi connectivity index (χ1n) is 7.83. The highest BCUT2D eigenvalue weighted by molar-refractivity contribution is 5.74. The second-order valence-corrected chi connectivity index (χ2v) is 6.03. The molecule has 0 aliphatic carbocycles. The monoisotopic (exact) mass is 398 g/mol. The Balaban J connectivity index is 2.24. The van der Waals surface area contributed by atoms with Crippen LogP contribution in [-0.4, -0.2) is 118 Å². The number of aliphatic hydroxyl groups excluding tert-OH is 4. The Hall–Kier alpha value is -1.42. The summed E-state index contributed by atoms with van der Waals surface area (Å²) in [5.41, 5.74) is 0. The van der Waals surface area contributed by atoms with Crippen LogP contribution in [0.2, 0.25) is 0 Å². The second-order valence-electron chi connectivity index (χ2n) is 6.03. The molecular formula is C14H22O13. The predicted molar refractivity (Wildman–Crippen MR) is 79.3 cm³/mol. The zero-order valence-electron chi connectivity index (χ0n) is 14.3. The molecule has 0 amide bonds. The summed E-state index contributed by atoms with van der Waals surface area (Å²) >= 11 is 0. The molecule has 2 saturated heterocycles. The molecule has 27 heavy (non-hydrogen) atoms. The first kappa shape index (κ1) is 21.9. The van der Waals surface area contributed by atoms with Crippen molar-refractivity contribution in [2.45, 2.75) is 61.4 Å². The van der Waals surface area contributed by atoms with Crippen LogP contribution in [0.4, 0.5) is 0 Å². The Morgan fingerprint density at radius 1 is 0.704 bits per heavy atom. The Morgan fingerprint density at radius 2 is 1.15 bits per heavy atom. The van der Waals surface area contributed by atoms with Crippen molar-refractivity contribution in [2.24, 2.45) is 0 Å². The zero-order chi connectivity index (χ0) is 20.5. The van der Waals surface area contributed by atoms with Crippen LogP contribution in [0.3, 0.4) is 0 Å². The predicted octanol–water partition coefficient (Wildman–Crippen LogP) is -3.90. The summed E-state index contributed by atoms with van der Waals surface area (Å²) in [5, 5.41) is 58.7. The van der Waals surface area contributed by atoms with E-state index in [-0.39, 0.29) is 0 Å². The Morgan fingerprint density at radius 3 is 1.63 bits per heavy atom. The lowest BCUT2D eigenvalue weighted by Gasteiger charge is -2.45. The minimum absolute atomic E-state index is 1.10. The summed E-state index contributed by atoms with van der Waals surface area (Å²) in [4.78, 5) is 22.7. The Labute approximate surface area is 152 Å². The summed E-state index contributed by atoms with van der Waals surface area (Å²) in [7, 11) is 2.22. The fraction of sp³-hybridized carbons (Fsp3) is 0.857. The van der Waals surface area contributed by atoms with Gasteiger partial charge in [-0.1, -0.05) is 0 Å². The summed E-state index contributed by atoms with van der Waals surface area (Å²) in [6.07, 6.45) is -17.3. The van der Waals surface area contributed by atoms with Gasteiger partial charge in [-0.15, -0.1) is 0 Å². The molecule has 13 heteroatoms. The van der Waals surface area contributed by atoms with Crippen molar-refractivity contribution in [2.75, 3.05) is 14.2 Å². The van der Waals surface area contributed by atoms with E-state index in [0.717, 1.165) is 14.2 Å². The van der Waals surface area contributed by atoms with Gasteiger partial charge in [0.2, 0.25) is 0 Å². The third kappa shape index (κ3) is 4.21. The number of hydrogen-bond donors (Lipinski definition) is 6. The third-order valence-corrected chi connectivity index (χ3v) is 4.37. The minimum atomic E-state index is -1.86. The van der Waals surface area contributed by atoms with Gasteiger partial charge in [0, 0.05) is 14.2 Å². The van der Waals surface area contributed by atoms with E-state index in [4.69, 9.17) is 23.7 Å². The van der Waals surface area contributed by atoms with E-state index in [0.29, 0.717) is 0 Å². The lowest BCUT2D eigenvalue weighted by molar-refractivity contribution is -0.349. The number of carboxylic acid groups (broad SMARTS) is 2. The molecule has 2 aliphatic rings. The number of methoxy groups -OCH3 is 2. The number of hydrogen-bond acceptors (Lipinski definition) is 11. The summed E-state index contributed by atoms with van der Waals surface area (Å²) in [6.45, 7) is 0. The van der Waals surface area contributed by atoms with Gasteiger partial charge in [-0.05, 0) is 0 Å². The molecule has 2 heterocycles. The van der Waals surface area contributed by atoms with Gasteiger partial charge in [0.05, 0.1) is 0 Å². The van der Waals surface area contributed by atoms with Crippen LogP contribution in [0.25, 0.3) is 0 Å². The van der Waals surface area contributed by atoms with Crippen molar-refractivity contribution in [3.05, 3.63) is 0 Å². The molecule has 2 fully saturated rings. The van der Waals surface area contributed by atoms with Gasteiger partial charge in [0.15, 0.2) is 24.8 Å². The van der Waals surface area contributed by atoms with Crippen LogP contribution in [0, 0.1) is 0 Å². The maximum absolute atomic E-state index is 11.4. The van der Waals surface area contributed by atoms with E-state index in [1.807, 2.05) is 0 Å². The van der Waals surface area contributed by atoms with E-state index in [1.54, 1.807) is 0 Å². The van der Waals surface area contributed by atoms with Gasteiger partial charge in [-0.3, -0.25) is 0 Å². The number of carboxylic acids is 2. The van der Waals surface area contributed by atoms with Crippen LogP contribution >= 0.6 is 0 Å². The van der Waals surface area contributed by atoms with Gasteiger partial charge in [0.25, 0.3) is 0 Å². The largest absolute Gasteiger partial charge is 0.479 e. The number of aliphatic hydroxyl groups is 4. The molecule has 0 bridgehead atoms. The van der Waals surface area contributed by atoms with Crippen LogP contribution in [-0.2, 0) is 33.3 Å². The van der Waals surface area contributed by atoms with Gasteiger partial charge in [0.1, 0.15) is 36.6 Å². The maximum atomic E-state index is 11.4. The van der Waals surface area contributed by atoms with E-state index in [9.17, 15) is 40.2 Å². The summed E-state index contributed by atoms with van der Waals surface area (Å²) in [6, 6.07) is 0. The van der Waals surface area contributed by atoms with Crippen LogP contribution in [0.1, 0.15) is 0 Å². The molecule has 6 N–H and O–H groups in total.